The van der Waals surface area contributed by atoms with Gasteiger partial charge in [0.15, 0.2) is 6.10 Å². The van der Waals surface area contributed by atoms with Crippen LogP contribution in [0.25, 0.3) is 0 Å². The van der Waals surface area contributed by atoms with Gasteiger partial charge in [-0.15, -0.1) is 0 Å². The molecule has 0 spiro atoms. The van der Waals surface area contributed by atoms with E-state index in [4.69, 9.17) is 37.8 Å². The van der Waals surface area contributed by atoms with Gasteiger partial charge in [-0.3, -0.25) is 4.79 Å². The molecule has 0 fully saturated rings. The van der Waals surface area contributed by atoms with Crippen LogP contribution in [0, 0.1) is 0 Å². The molecule has 0 heterocycles. The molecule has 0 saturated heterocycles. The van der Waals surface area contributed by atoms with E-state index in [0.717, 1.165) is 6.07 Å². The second kappa shape index (κ2) is 8.78. The van der Waals surface area contributed by atoms with Gasteiger partial charge in [0.25, 0.3) is 5.91 Å². The van der Waals surface area contributed by atoms with Crippen molar-refractivity contribution >= 4 is 50.8 Å². The van der Waals surface area contributed by atoms with Crippen LogP contribution in [0.5, 0.6) is 5.75 Å². The second-order valence-corrected chi connectivity index (χ2v) is 7.95. The fraction of sp³-hybridized carbons (Fsp3) is 0.176. The van der Waals surface area contributed by atoms with Crippen molar-refractivity contribution in [1.82, 2.24) is 0 Å². The smallest absolute Gasteiger partial charge is 0.338 e. The zero-order valence-electron chi connectivity index (χ0n) is 14.7. The summed E-state index contributed by atoms with van der Waals surface area (Å²) in [6.07, 6.45) is -1.20. The van der Waals surface area contributed by atoms with E-state index in [1.807, 2.05) is 0 Å². The highest BCUT2D eigenvalue weighted by Crippen LogP contribution is 2.28. The molecule has 0 bridgehead atoms. The number of methoxy groups -OCH3 is 1. The topological polar surface area (TPSA) is 125 Å². The number of ether oxygens (including phenoxy) is 2. The quantitative estimate of drug-likeness (QED) is 0.657. The Morgan fingerprint density at radius 3 is 2.43 bits per heavy atom. The number of hydrogen-bond donors (Lipinski definition) is 2. The second-order valence-electron chi connectivity index (χ2n) is 5.57. The SMILES string of the molecule is COc1ccc(Cl)cc1NC(=O)C(C)OC(=O)c1ccc(Cl)c(S(N)(=O)=O)c1. The number of nitrogens with one attached hydrogen (secondary N) is 1. The molecular formula is C17H16Cl2N2O6S. The molecule has 0 aliphatic carbocycles. The number of carbonyl (C=O) groups excluding carboxylic acids is 2. The number of benzene rings is 2. The molecule has 0 aliphatic heterocycles. The number of esters is 1. The number of hydrogen-bond acceptors (Lipinski definition) is 6. The zero-order chi connectivity index (χ0) is 21.1. The Bertz CT molecular complexity index is 1030. The van der Waals surface area contributed by atoms with Gasteiger partial charge in [-0.25, -0.2) is 18.4 Å². The molecule has 1 unspecified atom stereocenters. The molecule has 0 saturated carbocycles. The van der Waals surface area contributed by atoms with Crippen molar-refractivity contribution in [3.63, 3.8) is 0 Å². The van der Waals surface area contributed by atoms with Gasteiger partial charge >= 0.3 is 5.97 Å². The standard InChI is InChI=1S/C17H16Cl2N2O6S/c1-9(16(22)21-13-8-11(18)4-6-14(13)26-2)27-17(23)10-3-5-12(19)15(7-10)28(20,24)25/h3-9H,1-2H3,(H,21,22)(H2,20,24,25). The van der Waals surface area contributed by atoms with Gasteiger partial charge in [0, 0.05) is 5.02 Å². The Balaban J connectivity index is 2.14. The van der Waals surface area contributed by atoms with E-state index in [2.05, 4.69) is 5.32 Å². The summed E-state index contributed by atoms with van der Waals surface area (Å²) in [7, 11) is -2.71. The highest BCUT2D eigenvalue weighted by molar-refractivity contribution is 7.89. The number of halogens is 2. The monoisotopic (exact) mass is 446 g/mol. The Labute approximate surface area is 171 Å². The third kappa shape index (κ3) is 5.35. The van der Waals surface area contributed by atoms with E-state index in [1.54, 1.807) is 12.1 Å². The van der Waals surface area contributed by atoms with E-state index in [0.29, 0.717) is 16.5 Å². The summed E-state index contributed by atoms with van der Waals surface area (Å²) < 4.78 is 33.2. The molecule has 150 valence electrons. The van der Waals surface area contributed by atoms with Crippen LogP contribution in [0.2, 0.25) is 10.0 Å². The third-order valence-electron chi connectivity index (χ3n) is 3.55. The summed E-state index contributed by atoms with van der Waals surface area (Å²) in [6.45, 7) is 1.35. The maximum atomic E-state index is 12.3. The normalized spacial score (nSPS) is 12.2. The molecule has 8 nitrogen and oxygen atoms in total. The number of amides is 1. The van der Waals surface area contributed by atoms with Crippen LogP contribution in [0.1, 0.15) is 17.3 Å². The Morgan fingerprint density at radius 2 is 1.82 bits per heavy atom. The fourth-order valence-electron chi connectivity index (χ4n) is 2.14. The van der Waals surface area contributed by atoms with E-state index in [1.165, 1.54) is 32.2 Å². The summed E-state index contributed by atoms with van der Waals surface area (Å²) in [5, 5.41) is 7.82. The van der Waals surface area contributed by atoms with Crippen molar-refractivity contribution in [3.05, 3.63) is 52.0 Å². The van der Waals surface area contributed by atoms with Crippen molar-refractivity contribution in [3.8, 4) is 5.75 Å². The van der Waals surface area contributed by atoms with Crippen molar-refractivity contribution in [1.29, 1.82) is 0 Å². The van der Waals surface area contributed by atoms with Crippen LogP contribution in [0.3, 0.4) is 0 Å². The van der Waals surface area contributed by atoms with E-state index in [9.17, 15) is 18.0 Å². The van der Waals surface area contributed by atoms with Gasteiger partial charge in [-0.05, 0) is 43.3 Å². The van der Waals surface area contributed by atoms with E-state index in [-0.39, 0.29) is 10.6 Å². The average molecular weight is 447 g/mol. The summed E-state index contributed by atoms with van der Waals surface area (Å²) in [6, 6.07) is 8.05. The van der Waals surface area contributed by atoms with Crippen molar-refractivity contribution in [2.75, 3.05) is 12.4 Å². The van der Waals surface area contributed by atoms with Gasteiger partial charge in [0.2, 0.25) is 10.0 Å². The molecule has 3 N–H and O–H groups in total. The van der Waals surface area contributed by atoms with Gasteiger partial charge in [0.1, 0.15) is 10.6 Å². The minimum absolute atomic E-state index is 0.131. The molecule has 1 atom stereocenters. The summed E-state index contributed by atoms with van der Waals surface area (Å²) in [5.41, 5.74) is 0.166. The van der Waals surface area contributed by atoms with Crippen molar-refractivity contribution in [2.45, 2.75) is 17.9 Å². The van der Waals surface area contributed by atoms with Crippen LogP contribution in [-0.4, -0.2) is 33.5 Å². The van der Waals surface area contributed by atoms with Gasteiger partial charge < -0.3 is 14.8 Å². The van der Waals surface area contributed by atoms with Crippen LogP contribution in [-0.2, 0) is 19.6 Å². The predicted octanol–water partition coefficient (Wildman–Crippen LogP) is 2.83. The molecule has 0 radical (unpaired) electrons. The summed E-state index contributed by atoms with van der Waals surface area (Å²) in [4.78, 5) is 24.1. The number of rotatable bonds is 6. The lowest BCUT2D eigenvalue weighted by Gasteiger charge is -2.15. The number of carbonyl (C=O) groups is 2. The van der Waals surface area contributed by atoms with Crippen LogP contribution in [0.15, 0.2) is 41.3 Å². The van der Waals surface area contributed by atoms with Gasteiger partial charge in [0.05, 0.1) is 23.4 Å². The molecule has 0 aromatic heterocycles. The summed E-state index contributed by atoms with van der Waals surface area (Å²) >= 11 is 11.7. The minimum Gasteiger partial charge on any atom is -0.495 e. The molecule has 11 heteroatoms. The highest BCUT2D eigenvalue weighted by Gasteiger charge is 2.22. The lowest BCUT2D eigenvalue weighted by molar-refractivity contribution is -0.123. The molecule has 1 amide bonds. The Morgan fingerprint density at radius 1 is 1.14 bits per heavy atom. The first kappa shape index (κ1) is 22.0. The minimum atomic E-state index is -4.13. The largest absolute Gasteiger partial charge is 0.495 e. The molecule has 0 aliphatic rings. The van der Waals surface area contributed by atoms with Crippen LogP contribution < -0.4 is 15.2 Å². The molecule has 2 aromatic rings. The molecule has 2 rings (SSSR count). The summed E-state index contributed by atoms with van der Waals surface area (Å²) in [5.74, 6) is -1.21. The average Bonchev–Trinajstić information content (AvgIpc) is 2.61. The first-order chi connectivity index (χ1) is 13.0. The number of anilines is 1. The van der Waals surface area contributed by atoms with Crippen molar-refractivity contribution in [2.24, 2.45) is 5.14 Å². The van der Waals surface area contributed by atoms with E-state index < -0.39 is 32.9 Å². The lowest BCUT2D eigenvalue weighted by atomic mass is 10.2. The predicted molar refractivity (Wildman–Crippen MR) is 104 cm³/mol. The Hall–Kier alpha value is -2.33. The maximum absolute atomic E-state index is 12.3. The van der Waals surface area contributed by atoms with Crippen LogP contribution in [0.4, 0.5) is 5.69 Å². The molecule has 2 aromatic carbocycles. The van der Waals surface area contributed by atoms with Gasteiger partial charge in [-0.2, -0.15) is 0 Å². The van der Waals surface area contributed by atoms with E-state index >= 15 is 0 Å². The number of nitrogens with two attached hydrogens (primary N) is 1. The lowest BCUT2D eigenvalue weighted by Crippen LogP contribution is -2.30. The molecule has 28 heavy (non-hydrogen) atoms. The van der Waals surface area contributed by atoms with Gasteiger partial charge in [-0.1, -0.05) is 23.2 Å². The zero-order valence-corrected chi connectivity index (χ0v) is 17.1. The fourth-order valence-corrected chi connectivity index (χ4v) is 3.39. The number of primary sulfonamides is 1. The van der Waals surface area contributed by atoms with Crippen molar-refractivity contribution < 1.29 is 27.5 Å². The number of sulfonamides is 1. The first-order valence-electron chi connectivity index (χ1n) is 7.70. The highest BCUT2D eigenvalue weighted by atomic mass is 35.5. The van der Waals surface area contributed by atoms with Crippen LogP contribution >= 0.6 is 23.2 Å². The first-order valence-corrected chi connectivity index (χ1v) is 10.0. The molecular weight excluding hydrogens is 431 g/mol. The Kier molecular flexibility index (Phi) is 6.89. The maximum Gasteiger partial charge on any atom is 0.338 e. The third-order valence-corrected chi connectivity index (χ3v) is 5.17.